The number of halogens is 2. The first-order valence-electron chi connectivity index (χ1n) is 13.3. The van der Waals surface area contributed by atoms with Crippen molar-refractivity contribution < 1.29 is 27.7 Å². The van der Waals surface area contributed by atoms with E-state index in [1.165, 1.54) is 26.9 Å². The van der Waals surface area contributed by atoms with Crippen LogP contribution in [0.25, 0.3) is 17.0 Å². The fourth-order valence-electron chi connectivity index (χ4n) is 4.82. The number of alkyl halides is 2. The van der Waals surface area contributed by atoms with Crippen LogP contribution >= 0.6 is 0 Å². The van der Waals surface area contributed by atoms with Gasteiger partial charge in [-0.15, -0.1) is 0 Å². The third kappa shape index (κ3) is 6.18. The molecule has 3 heterocycles. The molecule has 12 nitrogen and oxygen atoms in total. The molecule has 1 saturated heterocycles. The molecule has 0 aliphatic carbocycles. The molecule has 0 bridgehead atoms. The fraction of sp³-hybridized carbons (Fsp3) is 0.345. The molecule has 14 heteroatoms. The molecule has 2 aromatic carbocycles. The van der Waals surface area contributed by atoms with Gasteiger partial charge in [-0.25, -0.2) is 33.4 Å². The van der Waals surface area contributed by atoms with Crippen molar-refractivity contribution in [2.24, 2.45) is 12.0 Å². The van der Waals surface area contributed by atoms with E-state index in [9.17, 15) is 0 Å². The SMILES string of the molecule is C=N/C(=C\c1ncnn1C)Oc1ccc(Nc2ncnc3cc(OC)c(OC)c(O[C@@H]4CCN(C)CC4(F)F)c23)cc1C. The monoisotopic (exact) mass is 594 g/mol. The van der Waals surface area contributed by atoms with Gasteiger partial charge in [-0.1, -0.05) is 0 Å². The Morgan fingerprint density at radius 1 is 1.09 bits per heavy atom. The smallest absolute Gasteiger partial charge is 0.296 e. The summed E-state index contributed by atoms with van der Waals surface area (Å²) in [7, 11) is 6.29. The zero-order valence-electron chi connectivity index (χ0n) is 24.5. The molecule has 5 rings (SSSR count). The lowest BCUT2D eigenvalue weighted by Gasteiger charge is -2.36. The molecule has 1 aliphatic rings. The zero-order valence-corrected chi connectivity index (χ0v) is 24.5. The quantitative estimate of drug-likeness (QED) is 0.206. The molecule has 4 aromatic rings. The standard InChI is InChI=1S/C29H32F2N8O4/c1-17-11-18(7-8-20(17)42-24(32-2)13-23-34-16-36-39(23)4)37-28-25-19(33-15-35-28)12-21(40-5)26(41-6)27(25)43-22-9-10-38(3)14-29(22,30)31/h7-8,11-13,15-16,22H,2,9-10,14H2,1,3-6H3,(H,33,35,37)/b24-13+/t22-/m1/s1. The average molecular weight is 595 g/mol. The number of ether oxygens (including phenoxy) is 4. The van der Waals surface area contributed by atoms with Gasteiger partial charge in [-0.05, 0) is 44.5 Å². The summed E-state index contributed by atoms with van der Waals surface area (Å²) < 4.78 is 54.8. The van der Waals surface area contributed by atoms with Crippen LogP contribution in [0.15, 0.2) is 47.8 Å². The number of nitrogens with zero attached hydrogens (tertiary/aromatic N) is 7. The highest BCUT2D eigenvalue weighted by molar-refractivity contribution is 5.99. The lowest BCUT2D eigenvalue weighted by molar-refractivity contribution is -0.135. The molecule has 0 saturated carbocycles. The van der Waals surface area contributed by atoms with E-state index in [1.54, 1.807) is 48.0 Å². The highest BCUT2D eigenvalue weighted by Gasteiger charge is 2.46. The van der Waals surface area contributed by atoms with Crippen LogP contribution in [0.5, 0.6) is 23.0 Å². The van der Waals surface area contributed by atoms with Crippen molar-refractivity contribution in [3.05, 3.63) is 54.2 Å². The Kier molecular flexibility index (Phi) is 8.39. The van der Waals surface area contributed by atoms with Crippen molar-refractivity contribution in [2.75, 3.05) is 39.7 Å². The molecule has 0 spiro atoms. The van der Waals surface area contributed by atoms with Crippen molar-refractivity contribution in [3.63, 3.8) is 0 Å². The highest BCUT2D eigenvalue weighted by atomic mass is 19.3. The predicted octanol–water partition coefficient (Wildman–Crippen LogP) is 4.62. The van der Waals surface area contributed by atoms with Crippen LogP contribution < -0.4 is 24.3 Å². The minimum absolute atomic E-state index is 0.0708. The number of aliphatic imine (C=N–C) groups is 1. The third-order valence-corrected chi connectivity index (χ3v) is 7.02. The van der Waals surface area contributed by atoms with Crippen LogP contribution in [-0.4, -0.2) is 82.7 Å². The molecule has 1 atom stereocenters. The molecule has 1 N–H and O–H groups in total. The van der Waals surface area contributed by atoms with Gasteiger partial charge in [0.15, 0.2) is 23.4 Å². The molecule has 226 valence electrons. The Bertz CT molecular complexity index is 1680. The van der Waals surface area contributed by atoms with Gasteiger partial charge in [0.1, 0.15) is 24.2 Å². The van der Waals surface area contributed by atoms with E-state index >= 15 is 8.78 Å². The number of fused-ring (bicyclic) bond motifs is 1. The van der Waals surface area contributed by atoms with E-state index in [-0.39, 0.29) is 23.8 Å². The number of piperidine rings is 1. The van der Waals surface area contributed by atoms with Crippen LogP contribution in [-0.2, 0) is 7.05 Å². The van der Waals surface area contributed by atoms with Gasteiger partial charge in [0.2, 0.25) is 11.6 Å². The van der Waals surface area contributed by atoms with Gasteiger partial charge < -0.3 is 29.2 Å². The van der Waals surface area contributed by atoms with Crippen molar-refractivity contribution >= 4 is 35.2 Å². The van der Waals surface area contributed by atoms with Crippen LogP contribution in [0.4, 0.5) is 20.3 Å². The maximum atomic E-state index is 15.1. The number of methoxy groups -OCH3 is 2. The first-order valence-corrected chi connectivity index (χ1v) is 13.3. The van der Waals surface area contributed by atoms with Gasteiger partial charge in [0.25, 0.3) is 5.92 Å². The van der Waals surface area contributed by atoms with Gasteiger partial charge in [-0.3, -0.25) is 0 Å². The van der Waals surface area contributed by atoms with Crippen molar-refractivity contribution in [3.8, 4) is 23.0 Å². The highest BCUT2D eigenvalue weighted by Crippen LogP contribution is 2.47. The van der Waals surface area contributed by atoms with Gasteiger partial charge in [-0.2, -0.15) is 5.10 Å². The first-order chi connectivity index (χ1) is 20.6. The second kappa shape index (κ2) is 12.2. The Labute approximate surface area is 247 Å². The molecule has 0 amide bonds. The number of hydrogen-bond acceptors (Lipinski definition) is 11. The number of anilines is 2. The van der Waals surface area contributed by atoms with Crippen molar-refractivity contribution in [2.45, 2.75) is 25.4 Å². The van der Waals surface area contributed by atoms with Crippen LogP contribution in [0.3, 0.4) is 0 Å². The van der Waals surface area contributed by atoms with Crippen LogP contribution in [0.2, 0.25) is 0 Å². The Morgan fingerprint density at radius 3 is 2.56 bits per heavy atom. The summed E-state index contributed by atoms with van der Waals surface area (Å²) in [5.41, 5.74) is 1.85. The first kappa shape index (κ1) is 29.6. The number of hydrogen-bond donors (Lipinski definition) is 1. The fourth-order valence-corrected chi connectivity index (χ4v) is 4.82. The summed E-state index contributed by atoms with van der Waals surface area (Å²) in [6, 6.07) is 7.04. The maximum absolute atomic E-state index is 15.1. The van der Waals surface area contributed by atoms with Crippen molar-refractivity contribution in [1.29, 1.82) is 0 Å². The molecule has 43 heavy (non-hydrogen) atoms. The Morgan fingerprint density at radius 2 is 1.91 bits per heavy atom. The minimum atomic E-state index is -3.09. The number of nitrogens with one attached hydrogen (secondary N) is 1. The van der Waals surface area contributed by atoms with E-state index in [0.29, 0.717) is 46.3 Å². The average Bonchev–Trinajstić information content (AvgIpc) is 3.38. The number of rotatable bonds is 10. The summed E-state index contributed by atoms with van der Waals surface area (Å²) in [4.78, 5) is 18.5. The summed E-state index contributed by atoms with van der Waals surface area (Å²) in [5.74, 6) is -0.885. The summed E-state index contributed by atoms with van der Waals surface area (Å²) in [5, 5.41) is 7.68. The number of aromatic nitrogens is 5. The molecular weight excluding hydrogens is 562 g/mol. The van der Waals surface area contributed by atoms with E-state index in [4.69, 9.17) is 18.9 Å². The Hall–Kier alpha value is -4.85. The van der Waals surface area contributed by atoms with Gasteiger partial charge in [0.05, 0.1) is 31.7 Å². The second-order valence-corrected chi connectivity index (χ2v) is 10.0. The summed E-state index contributed by atoms with van der Waals surface area (Å²) >= 11 is 0. The topological polar surface area (TPSA) is 121 Å². The number of likely N-dealkylation sites (tertiary alicyclic amines) is 1. The van der Waals surface area contributed by atoms with Crippen molar-refractivity contribution in [1.82, 2.24) is 29.6 Å². The minimum Gasteiger partial charge on any atom is -0.493 e. The third-order valence-electron chi connectivity index (χ3n) is 7.02. The molecule has 1 fully saturated rings. The van der Waals surface area contributed by atoms with E-state index in [1.807, 2.05) is 13.0 Å². The summed E-state index contributed by atoms with van der Waals surface area (Å²) in [6.07, 6.45) is 3.15. The van der Waals surface area contributed by atoms with Gasteiger partial charge >= 0.3 is 0 Å². The molecule has 1 aliphatic heterocycles. The largest absolute Gasteiger partial charge is 0.493 e. The maximum Gasteiger partial charge on any atom is 0.296 e. The molecule has 0 unspecified atom stereocenters. The predicted molar refractivity (Wildman–Crippen MR) is 158 cm³/mol. The normalized spacial score (nSPS) is 17.0. The van der Waals surface area contributed by atoms with E-state index < -0.39 is 18.6 Å². The molecule has 2 aromatic heterocycles. The lowest BCUT2D eigenvalue weighted by atomic mass is 10.0. The molecule has 0 radical (unpaired) electrons. The zero-order chi connectivity index (χ0) is 30.7. The number of benzene rings is 2. The van der Waals surface area contributed by atoms with Crippen LogP contribution in [0.1, 0.15) is 17.8 Å². The summed E-state index contributed by atoms with van der Waals surface area (Å²) in [6.45, 7) is 5.48. The number of aryl methyl sites for hydroxylation is 2. The van der Waals surface area contributed by atoms with Gasteiger partial charge in [0, 0.05) is 37.8 Å². The second-order valence-electron chi connectivity index (χ2n) is 10.0. The lowest BCUT2D eigenvalue weighted by Crippen LogP contribution is -2.52. The van der Waals surface area contributed by atoms with E-state index in [0.717, 1.165) is 5.56 Å². The van der Waals surface area contributed by atoms with Crippen LogP contribution in [0, 0.1) is 6.92 Å². The Balaban J connectivity index is 1.50. The van der Waals surface area contributed by atoms with E-state index in [2.05, 4.69) is 37.1 Å². The molecular formula is C29H32F2N8O4.